The summed E-state index contributed by atoms with van der Waals surface area (Å²) in [5.41, 5.74) is 23.2. The molecule has 0 spiro atoms. The monoisotopic (exact) mass is 1110 g/mol. The molecule has 2 aliphatic heterocycles. The van der Waals surface area contributed by atoms with Gasteiger partial charge >= 0.3 is 12.4 Å². The fraction of sp³-hybridized carbons (Fsp3) is 0.464. The lowest BCUT2D eigenvalue weighted by Gasteiger charge is -2.47. The summed E-state index contributed by atoms with van der Waals surface area (Å²) < 4.78 is 82.7. The van der Waals surface area contributed by atoms with E-state index < -0.39 is 82.8 Å². The zero-order valence-electron chi connectivity index (χ0n) is 44.3. The zero-order valence-corrected chi connectivity index (χ0v) is 44.3. The molecule has 2 aliphatic rings. The number of alkyl halides is 6. The van der Waals surface area contributed by atoms with Crippen LogP contribution in [0.2, 0.25) is 0 Å². The van der Waals surface area contributed by atoms with Crippen LogP contribution >= 0.6 is 0 Å². The van der Waals surface area contributed by atoms with Gasteiger partial charge < -0.3 is 53.8 Å². The summed E-state index contributed by atoms with van der Waals surface area (Å²) in [6, 6.07) is 17.2. The number of phenols is 1. The van der Waals surface area contributed by atoms with Gasteiger partial charge in [-0.05, 0) is 123 Å². The smallest absolute Gasteiger partial charge is 0.416 e. The second-order valence-electron chi connectivity index (χ2n) is 20.3. The van der Waals surface area contributed by atoms with E-state index in [2.05, 4.69) is 25.8 Å². The largest absolute Gasteiger partial charge is 0.508 e. The normalized spacial score (nSPS) is 17.7. The standard InChI is InChI=1S/C56H71F6N11O6/c1-34-26-41(74)27-35(2)42(34)32-44(64)49(75)68-45(17-11-20-67-54(65)66)50(76)70-47(28-36-12-5-3-6-13-36)51(77)69-46(16-9-10-19-63)53(79)72-24-22-71(23-25-72)48-18-21-73(33-43(48)37-14-7-4-8-15-37)52(78)38-29-39(55(57,58)59)31-40(30-38)56(60,61)62/h3-8,12-15,26-27,29-31,43-48,74H,9-11,16-25,28,32-33,63-64H2,1-2H3,(H,68,75)(H,69,77)(H,70,76)(H4,65,66,67)/t43-,44+,45-,46+,47+,48-/m1/s1. The molecule has 4 aromatic rings. The average molecular weight is 1110 g/mol. The third kappa shape index (κ3) is 17.1. The number of hydrogen-bond acceptors (Lipinski definition) is 10. The lowest BCUT2D eigenvalue weighted by molar-refractivity contribution is -0.143. The molecule has 0 aromatic heterocycles. The molecule has 5 amide bonds. The molecule has 79 heavy (non-hydrogen) atoms. The number of amides is 5. The second kappa shape index (κ2) is 27.6. The summed E-state index contributed by atoms with van der Waals surface area (Å²) in [6.07, 6.45) is -8.28. The molecule has 12 N–H and O–H groups in total. The van der Waals surface area contributed by atoms with E-state index >= 15 is 0 Å². The van der Waals surface area contributed by atoms with Crippen molar-refractivity contribution in [3.05, 3.63) is 136 Å². The van der Waals surface area contributed by atoms with Crippen LogP contribution in [0.3, 0.4) is 0 Å². The van der Waals surface area contributed by atoms with Crippen molar-refractivity contribution < 1.29 is 55.4 Å². The lowest BCUT2D eigenvalue weighted by Crippen LogP contribution is -2.61. The fourth-order valence-electron chi connectivity index (χ4n) is 10.4. The number of aryl methyl sites for hydroxylation is 2. The van der Waals surface area contributed by atoms with Crippen LogP contribution in [-0.4, -0.2) is 138 Å². The van der Waals surface area contributed by atoms with E-state index in [0.717, 1.165) is 22.3 Å². The van der Waals surface area contributed by atoms with E-state index in [-0.39, 0.29) is 94.6 Å². The highest BCUT2D eigenvalue weighted by Crippen LogP contribution is 2.38. The Morgan fingerprint density at radius 2 is 1.24 bits per heavy atom. The van der Waals surface area contributed by atoms with Crippen molar-refractivity contribution in [3.8, 4) is 5.75 Å². The topological polar surface area (TPSA) is 268 Å². The van der Waals surface area contributed by atoms with Gasteiger partial charge in [-0.25, -0.2) is 0 Å². The number of halogens is 6. The molecule has 23 heteroatoms. The van der Waals surface area contributed by atoms with E-state index in [0.29, 0.717) is 56.6 Å². The molecule has 2 heterocycles. The van der Waals surface area contributed by atoms with Crippen LogP contribution in [0.5, 0.6) is 5.75 Å². The molecular weight excluding hydrogens is 1040 g/mol. The van der Waals surface area contributed by atoms with Gasteiger partial charge in [0.25, 0.3) is 5.91 Å². The fourth-order valence-corrected chi connectivity index (χ4v) is 10.4. The Balaban J connectivity index is 1.17. The van der Waals surface area contributed by atoms with Crippen molar-refractivity contribution in [1.29, 1.82) is 0 Å². The van der Waals surface area contributed by atoms with Crippen molar-refractivity contribution in [3.63, 3.8) is 0 Å². The predicted octanol–water partition coefficient (Wildman–Crippen LogP) is 4.64. The van der Waals surface area contributed by atoms with Crippen LogP contribution < -0.4 is 38.9 Å². The number of nitrogens with two attached hydrogens (primary N) is 4. The van der Waals surface area contributed by atoms with E-state index in [1.54, 1.807) is 79.4 Å². The summed E-state index contributed by atoms with van der Waals surface area (Å²) in [6.45, 7) is 5.25. The zero-order chi connectivity index (χ0) is 57.6. The van der Waals surface area contributed by atoms with E-state index in [4.69, 9.17) is 22.9 Å². The Labute approximate surface area is 455 Å². The van der Waals surface area contributed by atoms with Gasteiger partial charge in [-0.2, -0.15) is 26.3 Å². The maximum Gasteiger partial charge on any atom is 0.416 e. The molecule has 0 radical (unpaired) electrons. The molecule has 428 valence electrons. The first-order valence-corrected chi connectivity index (χ1v) is 26.3. The molecule has 0 aliphatic carbocycles. The van der Waals surface area contributed by atoms with Crippen molar-refractivity contribution in [2.24, 2.45) is 27.9 Å². The number of piperazine rings is 1. The quantitative estimate of drug-likeness (QED) is 0.0233. The van der Waals surface area contributed by atoms with Gasteiger partial charge in [0.15, 0.2) is 5.96 Å². The number of guanidine groups is 1. The Morgan fingerprint density at radius 3 is 1.82 bits per heavy atom. The second-order valence-corrected chi connectivity index (χ2v) is 20.3. The van der Waals surface area contributed by atoms with Crippen LogP contribution in [0, 0.1) is 13.8 Å². The molecule has 0 bridgehead atoms. The lowest BCUT2D eigenvalue weighted by atomic mass is 9.84. The number of carbonyl (C=O) groups excluding carboxylic acids is 5. The average Bonchev–Trinajstić information content (AvgIpc) is 3.49. The molecule has 0 unspecified atom stereocenters. The molecule has 2 fully saturated rings. The number of aromatic hydroxyl groups is 1. The minimum Gasteiger partial charge on any atom is -0.508 e. The minimum atomic E-state index is -5.13. The van der Waals surface area contributed by atoms with Crippen molar-refractivity contribution in [2.75, 3.05) is 52.4 Å². The van der Waals surface area contributed by atoms with Crippen molar-refractivity contribution in [1.82, 2.24) is 30.7 Å². The van der Waals surface area contributed by atoms with Crippen molar-refractivity contribution >= 4 is 35.5 Å². The maximum atomic E-state index is 14.6. The number of nitrogens with one attached hydrogen (secondary N) is 3. The highest BCUT2D eigenvalue weighted by Gasteiger charge is 2.42. The van der Waals surface area contributed by atoms with E-state index in [9.17, 15) is 55.4 Å². The van der Waals surface area contributed by atoms with Crippen LogP contribution in [-0.2, 0) is 44.4 Å². The first kappa shape index (κ1) is 61.0. The van der Waals surface area contributed by atoms with E-state index in [1.807, 2.05) is 12.1 Å². The number of piperidine rings is 1. The molecule has 6 atom stereocenters. The first-order chi connectivity index (χ1) is 37.4. The molecule has 0 saturated carbocycles. The number of aliphatic imine (C=N–C) groups is 1. The number of hydrogen-bond donors (Lipinski definition) is 8. The summed E-state index contributed by atoms with van der Waals surface area (Å²) in [7, 11) is 0. The molecular formula is C56H71F6N11O6. The van der Waals surface area contributed by atoms with Gasteiger partial charge in [-0.3, -0.25) is 33.9 Å². The number of carbonyl (C=O) groups is 5. The first-order valence-electron chi connectivity index (χ1n) is 26.3. The number of nitrogens with zero attached hydrogens (tertiary/aromatic N) is 4. The molecule has 2 saturated heterocycles. The summed E-state index contributed by atoms with van der Waals surface area (Å²) in [4.78, 5) is 80.2. The third-order valence-electron chi connectivity index (χ3n) is 14.5. The molecule has 6 rings (SSSR count). The van der Waals surface area contributed by atoms with Gasteiger partial charge in [0, 0.05) is 69.8 Å². The van der Waals surface area contributed by atoms with Gasteiger partial charge in [-0.1, -0.05) is 60.7 Å². The number of phenolic OH excluding ortho intramolecular Hbond substituents is 1. The summed E-state index contributed by atoms with van der Waals surface area (Å²) in [5, 5.41) is 18.6. The number of unbranched alkanes of at least 4 members (excludes halogenated alkanes) is 1. The Bertz CT molecular complexity index is 2700. The van der Waals surface area contributed by atoms with Gasteiger partial charge in [0.05, 0.1) is 17.2 Å². The van der Waals surface area contributed by atoms with Gasteiger partial charge in [0.1, 0.15) is 23.9 Å². The van der Waals surface area contributed by atoms with Crippen LogP contribution in [0.4, 0.5) is 26.3 Å². The Hall–Kier alpha value is -7.24. The SMILES string of the molecule is Cc1cc(O)cc(C)c1C[C@H](N)C(=O)N[C@H](CCCN=C(N)N)C(=O)N[C@@H](Cc1ccccc1)C(=O)N[C@@H](CCCCN)C(=O)N1CCN([C@@H]2CCN(C(=O)c3cc(C(F)(F)F)cc(C(F)(F)F)c3)C[C@@H]2c2ccccc2)CC1. The number of likely N-dealkylation sites (tertiary alicyclic amines) is 1. The third-order valence-corrected chi connectivity index (χ3v) is 14.5. The predicted molar refractivity (Wildman–Crippen MR) is 286 cm³/mol. The molecule has 4 aromatic carbocycles. The number of rotatable bonds is 22. The maximum absolute atomic E-state index is 14.6. The highest BCUT2D eigenvalue weighted by atomic mass is 19.4. The summed E-state index contributed by atoms with van der Waals surface area (Å²) in [5.74, 6) is -3.82. The molecule has 17 nitrogen and oxygen atoms in total. The Morgan fingerprint density at radius 1 is 0.684 bits per heavy atom. The minimum absolute atomic E-state index is 0.000726. The van der Waals surface area contributed by atoms with Gasteiger partial charge in [-0.15, -0.1) is 0 Å². The van der Waals surface area contributed by atoms with Crippen molar-refractivity contribution in [2.45, 2.75) is 114 Å². The van der Waals surface area contributed by atoms with Gasteiger partial charge in [0.2, 0.25) is 23.6 Å². The number of benzene rings is 4. The Kier molecular flexibility index (Phi) is 21.3. The van der Waals surface area contributed by atoms with E-state index in [1.165, 1.54) is 4.90 Å². The summed E-state index contributed by atoms with van der Waals surface area (Å²) >= 11 is 0. The van der Waals surface area contributed by atoms with Crippen LogP contribution in [0.25, 0.3) is 0 Å². The van der Waals surface area contributed by atoms with Crippen LogP contribution in [0.15, 0.2) is 96.0 Å². The van der Waals surface area contributed by atoms with Crippen LogP contribution in [0.1, 0.15) is 93.7 Å². The highest BCUT2D eigenvalue weighted by molar-refractivity contribution is 5.96.